The Hall–Kier alpha value is -2.24. The summed E-state index contributed by atoms with van der Waals surface area (Å²) in [6, 6.07) is 13.9. The van der Waals surface area contributed by atoms with Gasteiger partial charge in [-0.15, -0.1) is 0 Å². The molecule has 1 aromatic heterocycles. The number of benzene rings is 1. The van der Waals surface area contributed by atoms with Crippen molar-refractivity contribution in [2.45, 2.75) is 31.3 Å². The number of aliphatic hydroxyl groups is 1. The highest BCUT2D eigenvalue weighted by molar-refractivity contribution is 5.76. The number of aromatic nitrogens is 1. The van der Waals surface area contributed by atoms with E-state index in [1.165, 1.54) is 5.56 Å². The van der Waals surface area contributed by atoms with E-state index < -0.39 is 5.60 Å². The van der Waals surface area contributed by atoms with Gasteiger partial charge in [-0.2, -0.15) is 0 Å². The minimum absolute atomic E-state index is 0.0946. The van der Waals surface area contributed by atoms with Gasteiger partial charge in [-0.3, -0.25) is 9.78 Å². The lowest BCUT2D eigenvalue weighted by atomic mass is 9.93. The first-order valence-corrected chi connectivity index (χ1v) is 9.16. The zero-order valence-electron chi connectivity index (χ0n) is 15.0. The molecule has 1 saturated heterocycles. The SMILES string of the molecule is O=C(CCCc1ccncc1)N1CCO[C@](CO)(Cc2ccccc2)C1. The van der Waals surface area contributed by atoms with Gasteiger partial charge >= 0.3 is 0 Å². The number of rotatable bonds is 7. The Bertz CT molecular complexity index is 693. The number of aliphatic hydroxyl groups excluding tert-OH is 1. The molecular weight excluding hydrogens is 328 g/mol. The maximum absolute atomic E-state index is 12.6. The second-order valence-corrected chi connectivity index (χ2v) is 6.88. The largest absolute Gasteiger partial charge is 0.393 e. The number of amides is 1. The van der Waals surface area contributed by atoms with E-state index in [9.17, 15) is 9.90 Å². The molecule has 0 unspecified atom stereocenters. The number of morpholine rings is 1. The highest BCUT2D eigenvalue weighted by Crippen LogP contribution is 2.23. The van der Waals surface area contributed by atoms with Gasteiger partial charge < -0.3 is 14.7 Å². The minimum atomic E-state index is -0.708. The van der Waals surface area contributed by atoms with E-state index in [4.69, 9.17) is 4.74 Å². The summed E-state index contributed by atoms with van der Waals surface area (Å²) in [6.07, 6.45) is 6.34. The molecule has 1 fully saturated rings. The Morgan fingerprint density at radius 1 is 1.15 bits per heavy atom. The molecule has 1 atom stereocenters. The van der Waals surface area contributed by atoms with Crippen LogP contribution in [0.2, 0.25) is 0 Å². The third-order valence-electron chi connectivity index (χ3n) is 4.86. The number of hydrogen-bond acceptors (Lipinski definition) is 4. The molecule has 5 heteroatoms. The minimum Gasteiger partial charge on any atom is -0.393 e. The smallest absolute Gasteiger partial charge is 0.222 e. The van der Waals surface area contributed by atoms with E-state index in [0.717, 1.165) is 18.4 Å². The van der Waals surface area contributed by atoms with E-state index >= 15 is 0 Å². The molecule has 26 heavy (non-hydrogen) atoms. The maximum atomic E-state index is 12.6. The van der Waals surface area contributed by atoms with Gasteiger partial charge in [0, 0.05) is 31.8 Å². The van der Waals surface area contributed by atoms with Crippen molar-refractivity contribution in [3.63, 3.8) is 0 Å². The fourth-order valence-electron chi connectivity index (χ4n) is 3.44. The molecule has 2 heterocycles. The van der Waals surface area contributed by atoms with E-state index in [-0.39, 0.29) is 12.5 Å². The van der Waals surface area contributed by atoms with Gasteiger partial charge in [0.15, 0.2) is 0 Å². The van der Waals surface area contributed by atoms with Crippen molar-refractivity contribution in [1.82, 2.24) is 9.88 Å². The zero-order chi connectivity index (χ0) is 18.2. The van der Waals surface area contributed by atoms with Crippen molar-refractivity contribution in [3.8, 4) is 0 Å². The lowest BCUT2D eigenvalue weighted by Gasteiger charge is -2.42. The van der Waals surface area contributed by atoms with Gasteiger partial charge in [0.05, 0.1) is 19.8 Å². The van der Waals surface area contributed by atoms with Crippen LogP contribution in [-0.2, 0) is 22.4 Å². The van der Waals surface area contributed by atoms with Crippen LogP contribution in [0.1, 0.15) is 24.0 Å². The Morgan fingerprint density at radius 2 is 1.92 bits per heavy atom. The van der Waals surface area contributed by atoms with Gasteiger partial charge in [0.2, 0.25) is 5.91 Å². The zero-order valence-corrected chi connectivity index (χ0v) is 15.0. The van der Waals surface area contributed by atoms with Crippen molar-refractivity contribution in [2.75, 3.05) is 26.3 Å². The first-order valence-electron chi connectivity index (χ1n) is 9.16. The van der Waals surface area contributed by atoms with Crippen LogP contribution in [0, 0.1) is 0 Å². The highest BCUT2D eigenvalue weighted by Gasteiger charge is 2.37. The number of hydrogen-bond donors (Lipinski definition) is 1. The molecule has 2 aromatic rings. The Labute approximate surface area is 154 Å². The average molecular weight is 354 g/mol. The molecule has 0 spiro atoms. The molecule has 1 N–H and O–H groups in total. The fraction of sp³-hybridized carbons (Fsp3) is 0.429. The fourth-order valence-corrected chi connectivity index (χ4v) is 3.44. The summed E-state index contributed by atoms with van der Waals surface area (Å²) in [4.78, 5) is 18.5. The number of nitrogens with zero attached hydrogens (tertiary/aromatic N) is 2. The first kappa shape index (κ1) is 18.5. The van der Waals surface area contributed by atoms with Gasteiger partial charge in [-0.05, 0) is 36.1 Å². The van der Waals surface area contributed by atoms with Crippen LogP contribution in [0.4, 0.5) is 0 Å². The van der Waals surface area contributed by atoms with Crippen LogP contribution in [-0.4, -0.2) is 52.8 Å². The number of pyridine rings is 1. The Kier molecular flexibility index (Phi) is 6.36. The Morgan fingerprint density at radius 3 is 2.65 bits per heavy atom. The third kappa shape index (κ3) is 4.90. The van der Waals surface area contributed by atoms with Gasteiger partial charge in [-0.25, -0.2) is 0 Å². The van der Waals surface area contributed by atoms with Crippen LogP contribution in [0.25, 0.3) is 0 Å². The molecular formula is C21H26N2O3. The van der Waals surface area contributed by atoms with E-state index in [1.807, 2.05) is 47.4 Å². The van der Waals surface area contributed by atoms with E-state index in [1.54, 1.807) is 12.4 Å². The molecule has 1 amide bonds. The molecule has 5 nitrogen and oxygen atoms in total. The van der Waals surface area contributed by atoms with Gasteiger partial charge in [0.1, 0.15) is 5.60 Å². The number of aryl methyl sites for hydroxylation is 1. The number of carbonyl (C=O) groups is 1. The summed E-state index contributed by atoms with van der Waals surface area (Å²) >= 11 is 0. The molecule has 3 rings (SSSR count). The van der Waals surface area contributed by atoms with Crippen molar-refractivity contribution in [2.24, 2.45) is 0 Å². The number of carbonyl (C=O) groups excluding carboxylic acids is 1. The van der Waals surface area contributed by atoms with E-state index in [2.05, 4.69) is 4.98 Å². The summed E-state index contributed by atoms with van der Waals surface area (Å²) in [5.74, 6) is 0.133. The van der Waals surface area contributed by atoms with Crippen molar-refractivity contribution < 1.29 is 14.6 Å². The quantitative estimate of drug-likeness (QED) is 0.828. The van der Waals surface area contributed by atoms with Crippen molar-refractivity contribution >= 4 is 5.91 Å². The molecule has 138 valence electrons. The molecule has 0 bridgehead atoms. The van der Waals surface area contributed by atoms with Crippen molar-refractivity contribution in [1.29, 1.82) is 0 Å². The molecule has 0 radical (unpaired) electrons. The van der Waals surface area contributed by atoms with Crippen LogP contribution in [0.15, 0.2) is 54.9 Å². The summed E-state index contributed by atoms with van der Waals surface area (Å²) in [5, 5.41) is 9.96. The molecule has 1 aliphatic rings. The monoisotopic (exact) mass is 354 g/mol. The second kappa shape index (κ2) is 8.92. The Balaban J connectivity index is 1.55. The first-order chi connectivity index (χ1) is 12.7. The second-order valence-electron chi connectivity index (χ2n) is 6.88. The van der Waals surface area contributed by atoms with E-state index in [0.29, 0.717) is 32.5 Å². The van der Waals surface area contributed by atoms with Crippen LogP contribution >= 0.6 is 0 Å². The van der Waals surface area contributed by atoms with Gasteiger partial charge in [-0.1, -0.05) is 30.3 Å². The third-order valence-corrected chi connectivity index (χ3v) is 4.86. The predicted molar refractivity (Wildman–Crippen MR) is 99.7 cm³/mol. The average Bonchev–Trinajstić information content (AvgIpc) is 2.69. The summed E-state index contributed by atoms with van der Waals surface area (Å²) in [5.41, 5.74) is 1.59. The molecule has 1 aliphatic heterocycles. The lowest BCUT2D eigenvalue weighted by Crippen LogP contribution is -2.56. The highest BCUT2D eigenvalue weighted by atomic mass is 16.5. The summed E-state index contributed by atoms with van der Waals surface area (Å²) in [7, 11) is 0. The normalized spacial score (nSPS) is 20.1. The molecule has 1 aromatic carbocycles. The van der Waals surface area contributed by atoms with Crippen LogP contribution in [0.3, 0.4) is 0 Å². The molecule has 0 aliphatic carbocycles. The summed E-state index contributed by atoms with van der Waals surface area (Å²) in [6.45, 7) is 1.39. The van der Waals surface area contributed by atoms with Gasteiger partial charge in [0.25, 0.3) is 0 Å². The standard InChI is InChI=1S/C21H26N2O3/c24-17-21(15-19-5-2-1-3-6-19)16-23(13-14-26-21)20(25)8-4-7-18-9-11-22-12-10-18/h1-3,5-6,9-12,24H,4,7-8,13-17H2/t21-/m1/s1. The van der Waals surface area contributed by atoms with Crippen LogP contribution < -0.4 is 0 Å². The van der Waals surface area contributed by atoms with Crippen LogP contribution in [0.5, 0.6) is 0 Å². The maximum Gasteiger partial charge on any atom is 0.222 e. The number of ether oxygens (including phenoxy) is 1. The molecule has 0 saturated carbocycles. The lowest BCUT2D eigenvalue weighted by molar-refractivity contribution is -0.158. The van der Waals surface area contributed by atoms with Crippen molar-refractivity contribution in [3.05, 3.63) is 66.0 Å². The topological polar surface area (TPSA) is 62.7 Å². The summed E-state index contributed by atoms with van der Waals surface area (Å²) < 4.78 is 5.92. The predicted octanol–water partition coefficient (Wildman–Crippen LogP) is 2.24.